The molecule has 1 aromatic carbocycles. The van der Waals surface area contributed by atoms with Gasteiger partial charge in [-0.2, -0.15) is 0 Å². The number of aromatic hydroxyl groups is 1. The van der Waals surface area contributed by atoms with Gasteiger partial charge in [0.2, 0.25) is 11.8 Å². The molecule has 0 radical (unpaired) electrons. The average molecular weight is 479 g/mol. The zero-order valence-electron chi connectivity index (χ0n) is 18.5. The van der Waals surface area contributed by atoms with E-state index < -0.39 is 17.1 Å². The molecule has 1 aromatic heterocycles. The van der Waals surface area contributed by atoms with Crippen molar-refractivity contribution in [2.75, 3.05) is 5.75 Å². The lowest BCUT2D eigenvalue weighted by Crippen LogP contribution is -2.48. The van der Waals surface area contributed by atoms with Crippen molar-refractivity contribution in [3.05, 3.63) is 55.7 Å². The van der Waals surface area contributed by atoms with Crippen LogP contribution in [0.3, 0.4) is 0 Å². The van der Waals surface area contributed by atoms with Crippen LogP contribution in [0.2, 0.25) is 5.02 Å². The molecule has 2 heterocycles. The van der Waals surface area contributed by atoms with Crippen LogP contribution in [-0.2, 0) is 18.9 Å². The van der Waals surface area contributed by atoms with Gasteiger partial charge in [0.15, 0.2) is 0 Å². The van der Waals surface area contributed by atoms with Crippen molar-refractivity contribution >= 4 is 40.0 Å². The van der Waals surface area contributed by atoms with E-state index in [0.717, 1.165) is 40.2 Å². The molecule has 172 valence electrons. The second-order valence-corrected chi connectivity index (χ2v) is 9.42. The van der Waals surface area contributed by atoms with Crippen LogP contribution < -0.4 is 11.2 Å². The smallest absolute Gasteiger partial charge is 0.333 e. The zero-order valence-corrected chi connectivity index (χ0v) is 20.1. The molecule has 10 heteroatoms. The Kier molecular flexibility index (Phi) is 7.51. The van der Waals surface area contributed by atoms with E-state index in [1.54, 1.807) is 24.3 Å². The Labute approximate surface area is 195 Å². The lowest BCUT2D eigenvalue weighted by molar-refractivity contribution is -0.134. The Hall–Kier alpha value is -2.52. The van der Waals surface area contributed by atoms with Gasteiger partial charge in [-0.15, -0.1) is 0 Å². The number of likely N-dealkylation sites (tertiary alicyclic amines) is 1. The third-order valence-corrected chi connectivity index (χ3v) is 6.93. The second kappa shape index (κ2) is 9.95. The maximum Gasteiger partial charge on any atom is 0.333 e. The first-order valence-corrected chi connectivity index (χ1v) is 11.8. The second-order valence-electron chi connectivity index (χ2n) is 8.02. The Balaban J connectivity index is 2.02. The fraction of sp³-hybridized carbons (Fsp3) is 0.455. The van der Waals surface area contributed by atoms with Crippen LogP contribution >= 0.6 is 23.4 Å². The summed E-state index contributed by atoms with van der Waals surface area (Å²) in [5, 5.41) is 11.3. The summed E-state index contributed by atoms with van der Waals surface area (Å²) >= 11 is 7.02. The predicted octanol–water partition coefficient (Wildman–Crippen LogP) is 3.04. The summed E-state index contributed by atoms with van der Waals surface area (Å²) in [5.74, 6) is -0.503. The van der Waals surface area contributed by atoms with Crippen molar-refractivity contribution in [2.24, 2.45) is 19.1 Å². The van der Waals surface area contributed by atoms with E-state index in [-0.39, 0.29) is 34.4 Å². The van der Waals surface area contributed by atoms with E-state index in [9.17, 15) is 19.5 Å². The van der Waals surface area contributed by atoms with Gasteiger partial charge in [0, 0.05) is 31.2 Å². The molecule has 0 spiro atoms. The van der Waals surface area contributed by atoms with Gasteiger partial charge in [-0.3, -0.25) is 18.7 Å². The Morgan fingerprint density at radius 1 is 1.12 bits per heavy atom. The molecule has 32 heavy (non-hydrogen) atoms. The molecular weight excluding hydrogens is 452 g/mol. The Bertz CT molecular complexity index is 1150. The van der Waals surface area contributed by atoms with E-state index in [2.05, 4.69) is 4.99 Å². The van der Waals surface area contributed by atoms with Crippen molar-refractivity contribution in [2.45, 2.75) is 45.2 Å². The van der Waals surface area contributed by atoms with Gasteiger partial charge < -0.3 is 10.0 Å². The van der Waals surface area contributed by atoms with E-state index >= 15 is 0 Å². The fourth-order valence-electron chi connectivity index (χ4n) is 3.93. The van der Waals surface area contributed by atoms with Gasteiger partial charge in [0.25, 0.3) is 5.56 Å². The minimum absolute atomic E-state index is 0.0482. The first-order valence-electron chi connectivity index (χ1n) is 10.4. The van der Waals surface area contributed by atoms with Gasteiger partial charge >= 0.3 is 5.69 Å². The highest BCUT2D eigenvalue weighted by Crippen LogP contribution is 2.27. The number of nitrogens with zero attached hydrogens (tertiary/aromatic N) is 4. The number of carbonyl (C=O) groups excluding carboxylic acids is 1. The number of aliphatic imine (C=N–C) groups is 1. The number of halogens is 1. The minimum Gasteiger partial charge on any atom is -0.494 e. The number of rotatable bonds is 4. The van der Waals surface area contributed by atoms with Crippen molar-refractivity contribution in [3.8, 4) is 5.88 Å². The molecule has 1 fully saturated rings. The number of aromatic nitrogens is 2. The molecule has 1 saturated heterocycles. The highest BCUT2D eigenvalue weighted by atomic mass is 35.5. The van der Waals surface area contributed by atoms with Gasteiger partial charge in [0.1, 0.15) is 10.6 Å². The van der Waals surface area contributed by atoms with Crippen LogP contribution in [0, 0.1) is 0 Å². The maximum atomic E-state index is 13.0. The number of thioether (sulfide) groups is 1. The van der Waals surface area contributed by atoms with Crippen LogP contribution in [0.4, 0.5) is 5.69 Å². The zero-order chi connectivity index (χ0) is 23.6. The molecule has 1 aliphatic rings. The number of piperidine rings is 1. The summed E-state index contributed by atoms with van der Waals surface area (Å²) in [6, 6.07) is 6.93. The van der Waals surface area contributed by atoms with Crippen molar-refractivity contribution < 1.29 is 9.90 Å². The first-order chi connectivity index (χ1) is 15.1. The summed E-state index contributed by atoms with van der Waals surface area (Å²) in [6.45, 7) is 4.07. The average Bonchev–Trinajstić information content (AvgIpc) is 2.76. The molecular formula is C22H27ClN4O4S. The highest BCUT2D eigenvalue weighted by Gasteiger charge is 2.30. The van der Waals surface area contributed by atoms with Crippen LogP contribution in [0.15, 0.2) is 38.8 Å². The summed E-state index contributed by atoms with van der Waals surface area (Å²) in [6.07, 6.45) is 2.99. The summed E-state index contributed by atoms with van der Waals surface area (Å²) in [7, 11) is 2.70. The molecule has 1 amide bonds. The normalized spacial score (nSPS) is 19.3. The van der Waals surface area contributed by atoms with Crippen LogP contribution in [0.5, 0.6) is 5.88 Å². The molecule has 3 rings (SSSR count). The van der Waals surface area contributed by atoms with Crippen LogP contribution in [0.1, 0.15) is 38.7 Å². The van der Waals surface area contributed by atoms with Crippen LogP contribution in [-0.4, -0.2) is 47.9 Å². The molecule has 0 aliphatic carbocycles. The Morgan fingerprint density at radius 2 is 1.72 bits per heavy atom. The van der Waals surface area contributed by atoms with E-state index in [1.807, 2.05) is 18.7 Å². The van der Waals surface area contributed by atoms with Crippen molar-refractivity contribution in [1.29, 1.82) is 0 Å². The maximum absolute atomic E-state index is 13.0. The van der Waals surface area contributed by atoms with Gasteiger partial charge in [-0.1, -0.05) is 23.4 Å². The first kappa shape index (κ1) is 24.1. The van der Waals surface area contributed by atoms with E-state index in [0.29, 0.717) is 10.7 Å². The van der Waals surface area contributed by atoms with E-state index in [4.69, 9.17) is 11.6 Å². The lowest BCUT2D eigenvalue weighted by atomic mass is 9.98. The van der Waals surface area contributed by atoms with E-state index in [1.165, 1.54) is 14.1 Å². The summed E-state index contributed by atoms with van der Waals surface area (Å²) in [4.78, 5) is 44.5. The standard InChI is InChI=1S/C22H27ClN4O4S/c1-13-6-5-7-14(2)27(13)17(28)12-32-19(24-16-10-8-15(23)9-11-16)18-20(29)25(3)22(31)26(4)21(18)30/h8-11,13-14,29H,5-7,12H2,1-4H3/t13-,14+. The van der Waals surface area contributed by atoms with Crippen LogP contribution in [0.25, 0.3) is 0 Å². The van der Waals surface area contributed by atoms with Gasteiger partial charge in [-0.25, -0.2) is 9.79 Å². The molecule has 1 aliphatic heterocycles. The van der Waals surface area contributed by atoms with Crippen molar-refractivity contribution in [3.63, 3.8) is 0 Å². The number of hydrogen-bond donors (Lipinski definition) is 1. The molecule has 0 bridgehead atoms. The summed E-state index contributed by atoms with van der Waals surface area (Å²) in [5.41, 5.74) is -0.960. The monoisotopic (exact) mass is 478 g/mol. The molecule has 0 saturated carbocycles. The highest BCUT2D eigenvalue weighted by molar-refractivity contribution is 8.15. The Morgan fingerprint density at radius 3 is 2.31 bits per heavy atom. The third kappa shape index (κ3) is 4.94. The molecule has 1 N–H and O–H groups in total. The molecule has 2 aromatic rings. The van der Waals surface area contributed by atoms with Gasteiger partial charge in [0.05, 0.1) is 11.4 Å². The number of amides is 1. The molecule has 0 unspecified atom stereocenters. The summed E-state index contributed by atoms with van der Waals surface area (Å²) < 4.78 is 1.88. The predicted molar refractivity (Wildman–Crippen MR) is 128 cm³/mol. The fourth-order valence-corrected chi connectivity index (χ4v) is 4.96. The molecule has 8 nitrogen and oxygen atoms in total. The number of hydrogen-bond acceptors (Lipinski definition) is 6. The lowest BCUT2D eigenvalue weighted by Gasteiger charge is -2.39. The number of carbonyl (C=O) groups is 1. The SMILES string of the molecule is C[C@@H]1CCC[C@H](C)N1C(=O)CSC(=Nc1ccc(Cl)cc1)c1c(O)n(C)c(=O)n(C)c1=O. The largest absolute Gasteiger partial charge is 0.494 e. The van der Waals surface area contributed by atoms with Crippen molar-refractivity contribution in [1.82, 2.24) is 14.0 Å². The number of benzene rings is 1. The topological polar surface area (TPSA) is 96.9 Å². The molecule has 2 atom stereocenters. The third-order valence-electron chi connectivity index (χ3n) is 5.72. The van der Waals surface area contributed by atoms with Gasteiger partial charge in [-0.05, 0) is 57.4 Å². The minimum atomic E-state index is -0.682. The quantitative estimate of drug-likeness (QED) is 0.538.